The number of hydrogen-bond donors (Lipinski definition) is 1. The molecule has 1 aliphatic heterocycles. The van der Waals surface area contributed by atoms with E-state index in [2.05, 4.69) is 15.0 Å². The van der Waals surface area contributed by atoms with E-state index in [1.165, 1.54) is 28.0 Å². The first-order valence-corrected chi connectivity index (χ1v) is 10.00. The van der Waals surface area contributed by atoms with Crippen molar-refractivity contribution in [3.63, 3.8) is 0 Å². The molecule has 4 rings (SSSR count). The van der Waals surface area contributed by atoms with Crippen LogP contribution in [0.2, 0.25) is 0 Å². The molecule has 0 radical (unpaired) electrons. The van der Waals surface area contributed by atoms with Gasteiger partial charge in [0.15, 0.2) is 5.82 Å². The van der Waals surface area contributed by atoms with Gasteiger partial charge in [-0.2, -0.15) is 4.52 Å². The summed E-state index contributed by atoms with van der Waals surface area (Å²) in [5, 5.41) is 15.3. The van der Waals surface area contributed by atoms with Crippen molar-refractivity contribution in [2.75, 3.05) is 13.1 Å². The zero-order chi connectivity index (χ0) is 19.1. The van der Waals surface area contributed by atoms with E-state index in [1.54, 1.807) is 12.1 Å². The Bertz CT molecular complexity index is 929. The number of aryl methyl sites for hydroxylation is 1. The molecule has 6 nitrogen and oxygen atoms in total. The summed E-state index contributed by atoms with van der Waals surface area (Å²) in [6.45, 7) is 7.51. The van der Waals surface area contributed by atoms with Gasteiger partial charge in [0, 0.05) is 19.5 Å². The van der Waals surface area contributed by atoms with Crippen LogP contribution >= 0.6 is 11.3 Å². The molecule has 3 aromatic rings. The maximum atomic E-state index is 13.5. The maximum absolute atomic E-state index is 13.5. The summed E-state index contributed by atoms with van der Waals surface area (Å²) >= 11 is 1.43. The molecule has 1 aliphatic rings. The topological polar surface area (TPSA) is 62.9 Å². The average molecular weight is 390 g/mol. The Morgan fingerprint density at radius 2 is 1.93 bits per heavy atom. The lowest BCUT2D eigenvalue weighted by Gasteiger charge is -2.40. The van der Waals surface area contributed by atoms with E-state index in [0.29, 0.717) is 17.2 Å². The highest BCUT2D eigenvalue weighted by atomic mass is 32.1. The highest BCUT2D eigenvalue weighted by Gasteiger charge is 2.34. The predicted octanol–water partition coefficient (Wildman–Crippen LogP) is 3.40. The molecular formula is C19H23FN4O2S. The monoisotopic (exact) mass is 390 g/mol. The summed E-state index contributed by atoms with van der Waals surface area (Å²) < 4.78 is 20.9. The number of rotatable bonds is 4. The molecule has 3 heterocycles. The molecule has 0 saturated carbocycles. The summed E-state index contributed by atoms with van der Waals surface area (Å²) in [6, 6.07) is 6.25. The second-order valence-electron chi connectivity index (χ2n) is 7.03. The Hall–Kier alpha value is -2.03. The number of morpholine rings is 1. The van der Waals surface area contributed by atoms with Crippen LogP contribution < -0.4 is 0 Å². The minimum Gasteiger partial charge on any atom is -0.492 e. The molecule has 1 fully saturated rings. The molecule has 1 aromatic carbocycles. The molecule has 1 saturated heterocycles. The lowest BCUT2D eigenvalue weighted by Crippen LogP contribution is -2.47. The molecule has 0 spiro atoms. The van der Waals surface area contributed by atoms with Gasteiger partial charge in [-0.25, -0.2) is 9.37 Å². The molecule has 27 heavy (non-hydrogen) atoms. The summed E-state index contributed by atoms with van der Waals surface area (Å²) in [5.41, 5.74) is 0.924. The van der Waals surface area contributed by atoms with Crippen LogP contribution in [0.15, 0.2) is 24.3 Å². The third-order valence-corrected chi connectivity index (χ3v) is 5.88. The van der Waals surface area contributed by atoms with Gasteiger partial charge in [-0.1, -0.05) is 30.4 Å². The quantitative estimate of drug-likeness (QED) is 0.740. The van der Waals surface area contributed by atoms with Gasteiger partial charge >= 0.3 is 0 Å². The fourth-order valence-corrected chi connectivity index (χ4v) is 4.86. The standard InChI is InChI=1S/C19H23FN4O2S/c1-4-15-21-19-24(22-15)18(25)17(27-19)16(13-5-7-14(20)8-6-13)23-9-11(2)26-12(3)10-23/h5-8,11-12,16,25H,4,9-10H2,1-3H3/t11-,12+,16-/m1/s1. The van der Waals surface area contributed by atoms with Crippen molar-refractivity contribution in [2.24, 2.45) is 0 Å². The fraction of sp³-hybridized carbons (Fsp3) is 0.474. The van der Waals surface area contributed by atoms with Crippen LogP contribution in [0.4, 0.5) is 4.39 Å². The van der Waals surface area contributed by atoms with Crippen molar-refractivity contribution < 1.29 is 14.2 Å². The zero-order valence-electron chi connectivity index (χ0n) is 15.6. The first-order chi connectivity index (χ1) is 13.0. The van der Waals surface area contributed by atoms with E-state index in [1.807, 2.05) is 20.8 Å². The molecule has 0 unspecified atom stereocenters. The fourth-order valence-electron chi connectivity index (χ4n) is 3.72. The molecule has 0 aliphatic carbocycles. The van der Waals surface area contributed by atoms with Crippen LogP contribution in [0.5, 0.6) is 5.88 Å². The van der Waals surface area contributed by atoms with Crippen LogP contribution in [0.3, 0.4) is 0 Å². The van der Waals surface area contributed by atoms with Gasteiger partial charge in [0.05, 0.1) is 23.1 Å². The second kappa shape index (κ2) is 7.18. The van der Waals surface area contributed by atoms with Crippen LogP contribution in [0.25, 0.3) is 4.96 Å². The number of thiazole rings is 1. The highest BCUT2D eigenvalue weighted by molar-refractivity contribution is 7.17. The lowest BCUT2D eigenvalue weighted by molar-refractivity contribution is -0.0764. The van der Waals surface area contributed by atoms with Gasteiger partial charge in [0.2, 0.25) is 10.8 Å². The number of nitrogens with zero attached hydrogens (tertiary/aromatic N) is 4. The molecule has 3 atom stereocenters. The van der Waals surface area contributed by atoms with Crippen LogP contribution in [-0.2, 0) is 11.2 Å². The number of benzene rings is 1. The van der Waals surface area contributed by atoms with E-state index in [0.717, 1.165) is 23.5 Å². The molecular weight excluding hydrogens is 367 g/mol. The summed E-state index contributed by atoms with van der Waals surface area (Å²) in [6.07, 6.45) is 0.865. The number of hydrogen-bond acceptors (Lipinski definition) is 6. The second-order valence-corrected chi connectivity index (χ2v) is 8.04. The minimum absolute atomic E-state index is 0.0766. The van der Waals surface area contributed by atoms with Crippen molar-refractivity contribution in [1.29, 1.82) is 0 Å². The molecule has 2 aromatic heterocycles. The number of aromatic nitrogens is 3. The van der Waals surface area contributed by atoms with Crippen LogP contribution in [-0.4, -0.2) is 49.9 Å². The maximum Gasteiger partial charge on any atom is 0.230 e. The Balaban J connectivity index is 1.81. The van der Waals surface area contributed by atoms with Crippen LogP contribution in [0.1, 0.15) is 43.1 Å². The summed E-state index contributed by atoms with van der Waals surface area (Å²) in [4.78, 5) is 8.19. The Kier molecular flexibility index (Phi) is 4.88. The first-order valence-electron chi connectivity index (χ1n) is 9.18. The molecule has 0 amide bonds. The Labute approximate surface area is 161 Å². The van der Waals surface area contributed by atoms with Gasteiger partial charge in [-0.3, -0.25) is 4.90 Å². The third-order valence-electron chi connectivity index (χ3n) is 4.81. The van der Waals surface area contributed by atoms with Gasteiger partial charge < -0.3 is 9.84 Å². The van der Waals surface area contributed by atoms with E-state index < -0.39 is 0 Å². The molecule has 1 N–H and O–H groups in total. The van der Waals surface area contributed by atoms with Crippen molar-refractivity contribution in [3.8, 4) is 5.88 Å². The smallest absolute Gasteiger partial charge is 0.230 e. The number of fused-ring (bicyclic) bond motifs is 1. The van der Waals surface area contributed by atoms with Crippen molar-refractivity contribution >= 4 is 16.3 Å². The van der Waals surface area contributed by atoms with Crippen molar-refractivity contribution in [2.45, 2.75) is 45.4 Å². The Morgan fingerprint density at radius 3 is 2.52 bits per heavy atom. The van der Waals surface area contributed by atoms with Gasteiger partial charge in [0.1, 0.15) is 5.82 Å². The number of ether oxygens (including phenoxy) is 1. The number of aromatic hydroxyl groups is 1. The van der Waals surface area contributed by atoms with E-state index in [4.69, 9.17) is 4.74 Å². The molecule has 8 heteroatoms. The van der Waals surface area contributed by atoms with Gasteiger partial charge in [-0.05, 0) is 31.5 Å². The summed E-state index contributed by atoms with van der Waals surface area (Å²) in [5.74, 6) is 0.527. The SMILES string of the molecule is CCc1nc2sc([C@@H](c3ccc(F)cc3)N3C[C@@H](C)O[C@@H](C)C3)c(O)n2n1. The third kappa shape index (κ3) is 3.44. The van der Waals surface area contributed by atoms with Crippen LogP contribution in [0, 0.1) is 5.82 Å². The Morgan fingerprint density at radius 1 is 1.26 bits per heavy atom. The zero-order valence-corrected chi connectivity index (χ0v) is 16.4. The van der Waals surface area contributed by atoms with Crippen molar-refractivity contribution in [3.05, 3.63) is 46.3 Å². The first kappa shape index (κ1) is 18.3. The van der Waals surface area contributed by atoms with Gasteiger partial charge in [0.25, 0.3) is 0 Å². The van der Waals surface area contributed by atoms with Gasteiger partial charge in [-0.15, -0.1) is 5.10 Å². The van der Waals surface area contributed by atoms with Crippen molar-refractivity contribution in [1.82, 2.24) is 19.5 Å². The van der Waals surface area contributed by atoms with E-state index in [-0.39, 0.29) is 29.9 Å². The highest BCUT2D eigenvalue weighted by Crippen LogP contribution is 2.40. The minimum atomic E-state index is -0.277. The summed E-state index contributed by atoms with van der Waals surface area (Å²) in [7, 11) is 0. The lowest BCUT2D eigenvalue weighted by atomic mass is 10.0. The predicted molar refractivity (Wildman–Crippen MR) is 102 cm³/mol. The number of halogens is 1. The largest absolute Gasteiger partial charge is 0.492 e. The molecule has 144 valence electrons. The normalized spacial score (nSPS) is 22.4. The van der Waals surface area contributed by atoms with E-state index >= 15 is 0 Å². The van der Waals surface area contributed by atoms with E-state index in [9.17, 15) is 9.50 Å². The molecule has 0 bridgehead atoms. The average Bonchev–Trinajstić information content (AvgIpc) is 3.16.